The molecule has 2 aromatic carbocycles. The quantitative estimate of drug-likeness (QED) is 0.240. The molecule has 0 amide bonds. The van der Waals surface area contributed by atoms with Gasteiger partial charge in [0.15, 0.2) is 5.82 Å². The number of nitrogens with zero attached hydrogens (tertiary/aromatic N) is 5. The van der Waals surface area contributed by atoms with Crippen LogP contribution in [0.1, 0.15) is 32.3 Å². The Morgan fingerprint density at radius 2 is 1.70 bits per heavy atom. The molecule has 0 spiro atoms. The molecule has 2 aliphatic rings. The third-order valence-electron chi connectivity index (χ3n) is 8.25. The number of hydrogen-bond donors (Lipinski definition) is 2. The fourth-order valence-corrected chi connectivity index (χ4v) is 7.23. The fourth-order valence-electron chi connectivity index (χ4n) is 6.02. The van der Waals surface area contributed by atoms with Crippen LogP contribution in [0.5, 0.6) is 0 Å². The number of piperidine rings is 1. The summed E-state index contributed by atoms with van der Waals surface area (Å²) in [5.74, 6) is 1.53. The van der Waals surface area contributed by atoms with Crippen molar-refractivity contribution >= 4 is 54.1 Å². The first kappa shape index (κ1) is 31.9. The van der Waals surface area contributed by atoms with E-state index in [1.165, 1.54) is 50.3 Å². The Morgan fingerprint density at radius 3 is 2.40 bits per heavy atom. The van der Waals surface area contributed by atoms with Crippen molar-refractivity contribution in [2.24, 2.45) is 5.92 Å². The predicted molar refractivity (Wildman–Crippen MR) is 180 cm³/mol. The van der Waals surface area contributed by atoms with E-state index in [1.54, 1.807) is 20.4 Å². The molecule has 0 saturated carbocycles. The molecule has 11 heteroatoms. The first-order valence-corrected chi connectivity index (χ1v) is 16.7. The van der Waals surface area contributed by atoms with Gasteiger partial charge in [0, 0.05) is 70.9 Å². The zero-order chi connectivity index (χ0) is 30.3. The van der Waals surface area contributed by atoms with Gasteiger partial charge in [-0.1, -0.05) is 37.6 Å². The molecule has 1 aromatic heterocycles. The molecule has 2 aliphatic heterocycles. The molecule has 9 nitrogen and oxygen atoms in total. The molecule has 2 saturated heterocycles. The Bertz CT molecular complexity index is 1340. The van der Waals surface area contributed by atoms with Crippen LogP contribution < -0.4 is 20.8 Å². The second kappa shape index (κ2) is 15.0. The highest BCUT2D eigenvalue weighted by atomic mass is 35.5. The molecule has 5 rings (SSSR count). The van der Waals surface area contributed by atoms with Crippen LogP contribution in [0.25, 0.3) is 0 Å². The van der Waals surface area contributed by atoms with Crippen molar-refractivity contribution in [3.63, 3.8) is 0 Å². The van der Waals surface area contributed by atoms with Gasteiger partial charge in [0.2, 0.25) is 14.3 Å². The molecule has 0 atom stereocenters. The Kier molecular flexibility index (Phi) is 11.1. The summed E-state index contributed by atoms with van der Waals surface area (Å²) in [7, 11) is 4.28. The first-order chi connectivity index (χ1) is 20.8. The number of aromatic nitrogens is 2. The lowest BCUT2D eigenvalue weighted by Gasteiger charge is -2.43. The summed E-state index contributed by atoms with van der Waals surface area (Å²) in [6.45, 7) is 11.5. The summed E-state index contributed by atoms with van der Waals surface area (Å²) in [6.07, 6.45) is 5.07. The second-order valence-corrected chi connectivity index (χ2v) is 13.9. The number of piperazine rings is 1. The van der Waals surface area contributed by atoms with Crippen LogP contribution in [0.3, 0.4) is 0 Å². The molecule has 43 heavy (non-hydrogen) atoms. The number of benzene rings is 2. The lowest BCUT2D eigenvalue weighted by Crippen LogP contribution is -2.52. The maximum atomic E-state index is 6.52. The zero-order valence-corrected chi connectivity index (χ0v) is 27.7. The monoisotopic (exact) mass is 625 g/mol. The molecule has 0 bridgehead atoms. The minimum absolute atomic E-state index is 0.426. The summed E-state index contributed by atoms with van der Waals surface area (Å²) in [5, 5.41) is 8.11. The minimum Gasteiger partial charge on any atom is -0.371 e. The molecule has 3 aromatic rings. The Labute approximate surface area is 262 Å². The Balaban J connectivity index is 1.30. The van der Waals surface area contributed by atoms with Crippen molar-refractivity contribution in [2.75, 3.05) is 76.1 Å². The van der Waals surface area contributed by atoms with Gasteiger partial charge in [-0.3, -0.25) is 4.90 Å². The van der Waals surface area contributed by atoms with Crippen molar-refractivity contribution in [2.45, 2.75) is 39.2 Å². The van der Waals surface area contributed by atoms with Crippen molar-refractivity contribution in [3.05, 3.63) is 59.2 Å². The average Bonchev–Trinajstić information content (AvgIpc) is 3.01. The van der Waals surface area contributed by atoms with Crippen molar-refractivity contribution in [1.82, 2.24) is 19.8 Å². The third kappa shape index (κ3) is 8.15. The maximum Gasteiger partial charge on any atom is 0.229 e. The van der Waals surface area contributed by atoms with Gasteiger partial charge in [-0.2, -0.15) is 4.98 Å². The van der Waals surface area contributed by atoms with E-state index in [0.29, 0.717) is 28.7 Å². The number of para-hydroxylation sites is 1. The molecular formula is C32H45ClN7O2P. The summed E-state index contributed by atoms with van der Waals surface area (Å²) >= 11 is 6.52. The smallest absolute Gasteiger partial charge is 0.229 e. The predicted octanol–water partition coefficient (Wildman–Crippen LogP) is 6.26. The van der Waals surface area contributed by atoms with E-state index in [9.17, 15) is 0 Å². The largest absolute Gasteiger partial charge is 0.371 e. The summed E-state index contributed by atoms with van der Waals surface area (Å²) < 4.78 is 11.1. The van der Waals surface area contributed by atoms with Crippen LogP contribution in [0.4, 0.5) is 28.8 Å². The van der Waals surface area contributed by atoms with Gasteiger partial charge in [0.25, 0.3) is 0 Å². The van der Waals surface area contributed by atoms with Crippen LogP contribution in [-0.4, -0.2) is 86.3 Å². The average molecular weight is 626 g/mol. The van der Waals surface area contributed by atoms with Gasteiger partial charge in [0.05, 0.1) is 17.2 Å². The van der Waals surface area contributed by atoms with Crippen molar-refractivity contribution in [1.29, 1.82) is 0 Å². The van der Waals surface area contributed by atoms with Crippen LogP contribution in [0.15, 0.2) is 48.7 Å². The van der Waals surface area contributed by atoms with Gasteiger partial charge >= 0.3 is 0 Å². The van der Waals surface area contributed by atoms with Gasteiger partial charge in [-0.15, -0.1) is 0 Å². The summed E-state index contributed by atoms with van der Waals surface area (Å²) in [5.41, 5.74) is 4.48. The molecule has 232 valence electrons. The molecule has 0 aliphatic carbocycles. The van der Waals surface area contributed by atoms with E-state index in [2.05, 4.69) is 69.4 Å². The number of likely N-dealkylation sites (N-methyl/N-ethyl adjacent to an activating group) is 1. The van der Waals surface area contributed by atoms with E-state index < -0.39 is 8.38 Å². The van der Waals surface area contributed by atoms with Crippen molar-refractivity contribution < 1.29 is 9.05 Å². The van der Waals surface area contributed by atoms with Gasteiger partial charge in [-0.05, 0) is 68.1 Å². The standard InChI is InChI=1S/C32H45ClN7O2P/c1-23(2)20-24-21-25(10-11-29(24)40-14-12-26(13-15-40)39-18-16-38(3)17-19-39)35-32-34-22-27(33)31(37-32)36-28-8-6-7-9-30(28)43(41-4)42-5/h6-11,21-23,26H,12-20H2,1-5H3,(H2,34,35,36,37). The molecule has 0 unspecified atom stereocenters. The highest BCUT2D eigenvalue weighted by Gasteiger charge is 2.27. The van der Waals surface area contributed by atoms with Crippen LogP contribution >= 0.6 is 20.0 Å². The number of hydrogen-bond acceptors (Lipinski definition) is 9. The van der Waals surface area contributed by atoms with Crippen LogP contribution in [0, 0.1) is 5.92 Å². The SMILES string of the molecule is COP(OC)c1ccccc1Nc1nc(Nc2ccc(N3CCC(N4CCN(C)CC4)CC3)c(CC(C)C)c2)ncc1Cl. The number of nitrogens with one attached hydrogen (secondary N) is 2. The molecule has 2 fully saturated rings. The molecule has 2 N–H and O–H groups in total. The Hall–Kier alpha value is -2.52. The number of anilines is 5. The molecular weight excluding hydrogens is 581 g/mol. The van der Waals surface area contributed by atoms with E-state index in [1.807, 2.05) is 24.3 Å². The van der Waals surface area contributed by atoms with Gasteiger partial charge < -0.3 is 29.5 Å². The maximum absolute atomic E-state index is 6.52. The third-order valence-corrected chi connectivity index (χ3v) is 9.98. The zero-order valence-electron chi connectivity index (χ0n) is 26.0. The fraction of sp³-hybridized carbons (Fsp3) is 0.500. The number of rotatable bonds is 11. The van der Waals surface area contributed by atoms with Crippen LogP contribution in [-0.2, 0) is 15.5 Å². The van der Waals surface area contributed by atoms with E-state index in [-0.39, 0.29) is 0 Å². The van der Waals surface area contributed by atoms with E-state index in [4.69, 9.17) is 25.6 Å². The topological polar surface area (TPSA) is 78.0 Å². The van der Waals surface area contributed by atoms with Crippen molar-refractivity contribution in [3.8, 4) is 0 Å². The molecule has 0 radical (unpaired) electrons. The summed E-state index contributed by atoms with van der Waals surface area (Å²) in [6, 6.07) is 15.2. The number of halogens is 1. The molecule has 3 heterocycles. The van der Waals surface area contributed by atoms with Gasteiger partial charge in [-0.25, -0.2) is 4.98 Å². The second-order valence-electron chi connectivity index (χ2n) is 11.8. The van der Waals surface area contributed by atoms with Gasteiger partial charge in [0.1, 0.15) is 5.02 Å². The highest BCUT2D eigenvalue weighted by molar-refractivity contribution is 7.56. The van der Waals surface area contributed by atoms with E-state index in [0.717, 1.165) is 36.2 Å². The van der Waals surface area contributed by atoms with E-state index >= 15 is 0 Å². The minimum atomic E-state index is -1.23. The van der Waals surface area contributed by atoms with Crippen LogP contribution in [0.2, 0.25) is 5.02 Å². The normalized spacial score (nSPS) is 17.2. The first-order valence-electron chi connectivity index (χ1n) is 15.2. The lowest BCUT2D eigenvalue weighted by molar-refractivity contribution is 0.0982. The summed E-state index contributed by atoms with van der Waals surface area (Å²) in [4.78, 5) is 16.9. The lowest BCUT2D eigenvalue weighted by atomic mass is 9.97. The highest BCUT2D eigenvalue weighted by Crippen LogP contribution is 2.39. The Morgan fingerprint density at radius 1 is 0.977 bits per heavy atom.